The lowest BCUT2D eigenvalue weighted by atomic mass is 9.96. The second kappa shape index (κ2) is 10.6. The fraction of sp³-hybridized carbons (Fsp3) is 1.00. The summed E-state index contributed by atoms with van der Waals surface area (Å²) in [7, 11) is -3.12. The highest BCUT2D eigenvalue weighted by atomic mass is 32.2. The molecule has 0 aromatic rings. The Labute approximate surface area is 119 Å². The Kier molecular flexibility index (Phi) is 10.6. The monoisotopic (exact) mass is 292 g/mol. The van der Waals surface area contributed by atoms with Crippen molar-refractivity contribution in [3.63, 3.8) is 0 Å². The number of hydrogen-bond donors (Lipinski definition) is 2. The summed E-state index contributed by atoms with van der Waals surface area (Å²) in [5.41, 5.74) is 0. The Morgan fingerprint density at radius 1 is 1.00 bits per heavy atom. The summed E-state index contributed by atoms with van der Waals surface area (Å²) in [5.74, 6) is 0.673. The third-order valence-corrected chi connectivity index (χ3v) is 5.12. The average molecular weight is 292 g/mol. The van der Waals surface area contributed by atoms with Gasteiger partial charge in [-0.2, -0.15) is 0 Å². The Morgan fingerprint density at radius 3 is 2.16 bits per heavy atom. The van der Waals surface area contributed by atoms with Gasteiger partial charge < -0.3 is 5.32 Å². The molecule has 5 heteroatoms. The van der Waals surface area contributed by atoms with Gasteiger partial charge >= 0.3 is 0 Å². The summed E-state index contributed by atoms with van der Waals surface area (Å²) >= 11 is 0. The Hall–Kier alpha value is -0.130. The van der Waals surface area contributed by atoms with E-state index in [0.717, 1.165) is 45.2 Å². The Balaban J connectivity index is 3.91. The summed E-state index contributed by atoms with van der Waals surface area (Å²) in [6, 6.07) is 0.0400. The van der Waals surface area contributed by atoms with Crippen LogP contribution >= 0.6 is 0 Å². The maximum Gasteiger partial charge on any atom is 0.211 e. The van der Waals surface area contributed by atoms with Crippen LogP contribution in [0.2, 0.25) is 0 Å². The van der Waals surface area contributed by atoms with Crippen LogP contribution < -0.4 is 10.0 Å². The van der Waals surface area contributed by atoms with Crippen molar-refractivity contribution >= 4 is 10.0 Å². The third kappa shape index (κ3) is 9.41. The smallest absolute Gasteiger partial charge is 0.211 e. The van der Waals surface area contributed by atoms with Crippen molar-refractivity contribution in [2.45, 2.75) is 65.8 Å². The summed E-state index contributed by atoms with van der Waals surface area (Å²) in [6.07, 6.45) is 4.79. The molecule has 2 N–H and O–H groups in total. The molecule has 1 unspecified atom stereocenters. The minimum Gasteiger partial charge on any atom is -0.317 e. The van der Waals surface area contributed by atoms with E-state index < -0.39 is 10.0 Å². The highest BCUT2D eigenvalue weighted by Gasteiger charge is 2.19. The number of nitrogens with one attached hydrogen (secondary N) is 2. The second-order valence-electron chi connectivity index (χ2n) is 5.26. The fourth-order valence-electron chi connectivity index (χ4n) is 2.28. The molecule has 0 radical (unpaired) electrons. The van der Waals surface area contributed by atoms with Crippen LogP contribution in [0.25, 0.3) is 0 Å². The number of unbranched alkanes of at least 4 members (excludes halogenated alkanes) is 1. The van der Waals surface area contributed by atoms with Crippen LogP contribution in [-0.2, 0) is 10.0 Å². The molecule has 1 atom stereocenters. The van der Waals surface area contributed by atoms with Gasteiger partial charge in [-0.15, -0.1) is 0 Å². The molecule has 116 valence electrons. The van der Waals surface area contributed by atoms with E-state index >= 15 is 0 Å². The zero-order valence-corrected chi connectivity index (χ0v) is 13.9. The lowest BCUT2D eigenvalue weighted by molar-refractivity contribution is 0.390. The molecule has 0 aliphatic heterocycles. The first kappa shape index (κ1) is 18.9. The molecule has 0 aliphatic carbocycles. The first-order valence-corrected chi connectivity index (χ1v) is 9.32. The summed E-state index contributed by atoms with van der Waals surface area (Å²) < 4.78 is 26.7. The quantitative estimate of drug-likeness (QED) is 0.543. The molecule has 0 aliphatic rings. The van der Waals surface area contributed by atoms with Crippen LogP contribution in [0.5, 0.6) is 0 Å². The van der Waals surface area contributed by atoms with Crippen molar-refractivity contribution < 1.29 is 8.42 Å². The maximum absolute atomic E-state index is 11.9. The Bertz CT molecular complexity index is 301. The van der Waals surface area contributed by atoms with Crippen molar-refractivity contribution in [2.24, 2.45) is 5.92 Å². The van der Waals surface area contributed by atoms with E-state index in [2.05, 4.69) is 30.8 Å². The van der Waals surface area contributed by atoms with Gasteiger partial charge in [-0.3, -0.25) is 0 Å². The van der Waals surface area contributed by atoms with Crippen LogP contribution in [0.15, 0.2) is 0 Å². The van der Waals surface area contributed by atoms with Crippen molar-refractivity contribution in [2.75, 3.05) is 18.8 Å². The minimum atomic E-state index is -3.12. The number of rotatable bonds is 12. The predicted octanol–water partition coefficient (Wildman–Crippen LogP) is 2.51. The first-order valence-electron chi connectivity index (χ1n) is 7.67. The molecular formula is C14H32N2O2S. The molecule has 0 aromatic carbocycles. The van der Waals surface area contributed by atoms with Gasteiger partial charge in [0, 0.05) is 6.04 Å². The number of hydrogen-bond acceptors (Lipinski definition) is 3. The van der Waals surface area contributed by atoms with Gasteiger partial charge in [0.1, 0.15) is 0 Å². The van der Waals surface area contributed by atoms with E-state index in [0.29, 0.717) is 5.92 Å². The van der Waals surface area contributed by atoms with Crippen molar-refractivity contribution in [1.82, 2.24) is 10.0 Å². The molecule has 0 spiro atoms. The van der Waals surface area contributed by atoms with Crippen LogP contribution in [0.3, 0.4) is 0 Å². The highest BCUT2D eigenvalue weighted by molar-refractivity contribution is 7.89. The standard InChI is InChI=1S/C14H32N2O2S/c1-5-10-15-11-8-9-12-19(17,18)16-13(4)14(6-2)7-3/h13-16H,5-12H2,1-4H3. The molecule has 0 bridgehead atoms. The van der Waals surface area contributed by atoms with Crippen LogP contribution in [0.1, 0.15) is 59.8 Å². The molecular weight excluding hydrogens is 260 g/mol. The topological polar surface area (TPSA) is 58.2 Å². The van der Waals surface area contributed by atoms with Gasteiger partial charge in [-0.25, -0.2) is 13.1 Å². The highest BCUT2D eigenvalue weighted by Crippen LogP contribution is 2.13. The van der Waals surface area contributed by atoms with E-state index in [1.54, 1.807) is 0 Å². The van der Waals surface area contributed by atoms with Gasteiger partial charge in [-0.1, -0.05) is 33.6 Å². The van der Waals surface area contributed by atoms with E-state index in [1.807, 2.05) is 6.92 Å². The molecule has 0 amide bonds. The SMILES string of the molecule is CCCNCCCCS(=O)(=O)NC(C)C(CC)CC. The first-order chi connectivity index (χ1) is 8.96. The normalized spacial score (nSPS) is 13.9. The summed E-state index contributed by atoms with van der Waals surface area (Å²) in [6.45, 7) is 10.2. The molecule has 0 fully saturated rings. The molecule has 0 aromatic heterocycles. The molecule has 19 heavy (non-hydrogen) atoms. The molecule has 0 heterocycles. The zero-order valence-electron chi connectivity index (χ0n) is 13.0. The molecule has 0 saturated heterocycles. The van der Waals surface area contributed by atoms with Gasteiger partial charge in [0.25, 0.3) is 0 Å². The van der Waals surface area contributed by atoms with Gasteiger partial charge in [-0.05, 0) is 45.2 Å². The molecule has 0 saturated carbocycles. The average Bonchev–Trinajstić information content (AvgIpc) is 2.34. The van der Waals surface area contributed by atoms with Crippen molar-refractivity contribution in [3.8, 4) is 0 Å². The van der Waals surface area contributed by atoms with Crippen LogP contribution in [-0.4, -0.2) is 33.3 Å². The zero-order chi connectivity index (χ0) is 14.7. The van der Waals surface area contributed by atoms with E-state index in [-0.39, 0.29) is 11.8 Å². The fourth-order valence-corrected chi connectivity index (χ4v) is 3.74. The summed E-state index contributed by atoms with van der Waals surface area (Å²) in [5, 5.41) is 3.28. The van der Waals surface area contributed by atoms with Gasteiger partial charge in [0.15, 0.2) is 0 Å². The van der Waals surface area contributed by atoms with Crippen LogP contribution in [0.4, 0.5) is 0 Å². The third-order valence-electron chi connectivity index (χ3n) is 3.56. The second-order valence-corrected chi connectivity index (χ2v) is 7.13. The largest absolute Gasteiger partial charge is 0.317 e. The van der Waals surface area contributed by atoms with Crippen molar-refractivity contribution in [1.29, 1.82) is 0 Å². The maximum atomic E-state index is 11.9. The van der Waals surface area contributed by atoms with Crippen LogP contribution in [0, 0.1) is 5.92 Å². The van der Waals surface area contributed by atoms with Crippen molar-refractivity contribution in [3.05, 3.63) is 0 Å². The van der Waals surface area contributed by atoms with E-state index in [9.17, 15) is 8.42 Å². The lowest BCUT2D eigenvalue weighted by Crippen LogP contribution is -2.39. The van der Waals surface area contributed by atoms with E-state index in [1.165, 1.54) is 0 Å². The predicted molar refractivity (Wildman–Crippen MR) is 82.9 cm³/mol. The Morgan fingerprint density at radius 2 is 1.63 bits per heavy atom. The summed E-state index contributed by atoms with van der Waals surface area (Å²) in [4.78, 5) is 0. The van der Waals surface area contributed by atoms with Gasteiger partial charge in [0.05, 0.1) is 5.75 Å². The van der Waals surface area contributed by atoms with Gasteiger partial charge in [0.2, 0.25) is 10.0 Å². The minimum absolute atomic E-state index is 0.0400. The number of sulfonamides is 1. The van der Waals surface area contributed by atoms with E-state index in [4.69, 9.17) is 0 Å². The lowest BCUT2D eigenvalue weighted by Gasteiger charge is -2.22. The molecule has 4 nitrogen and oxygen atoms in total. The molecule has 0 rings (SSSR count).